The third-order valence-electron chi connectivity index (χ3n) is 4.71. The molecule has 32 heavy (non-hydrogen) atoms. The molecule has 1 unspecified atom stereocenters. The molecule has 0 aliphatic carbocycles. The van der Waals surface area contributed by atoms with Gasteiger partial charge in [0.1, 0.15) is 0 Å². The van der Waals surface area contributed by atoms with Crippen LogP contribution in [-0.2, 0) is 11.3 Å². The Kier molecular flexibility index (Phi) is 8.17. The Labute approximate surface area is 200 Å². The molecule has 2 N–H and O–H groups in total. The van der Waals surface area contributed by atoms with Crippen LogP contribution in [-0.4, -0.2) is 32.3 Å². The first-order valence-electron chi connectivity index (χ1n) is 9.97. The lowest BCUT2D eigenvalue weighted by molar-refractivity contribution is -0.113. The monoisotopic (exact) mass is 491 g/mol. The quantitative estimate of drug-likeness (QED) is 0.426. The molecular formula is C22H23Cl2N5O2S. The molecule has 1 heterocycles. The summed E-state index contributed by atoms with van der Waals surface area (Å²) >= 11 is 13.4. The fourth-order valence-electron chi connectivity index (χ4n) is 3.09. The number of halogens is 2. The van der Waals surface area contributed by atoms with Crippen molar-refractivity contribution in [2.45, 2.75) is 38.5 Å². The van der Waals surface area contributed by atoms with Crippen molar-refractivity contribution in [3.8, 4) is 0 Å². The fourth-order valence-corrected chi connectivity index (χ4v) is 4.35. The van der Waals surface area contributed by atoms with E-state index in [-0.39, 0.29) is 17.6 Å². The third kappa shape index (κ3) is 5.82. The van der Waals surface area contributed by atoms with Crippen LogP contribution in [0.4, 0.5) is 5.69 Å². The van der Waals surface area contributed by atoms with Gasteiger partial charge in [0, 0.05) is 17.3 Å². The zero-order valence-electron chi connectivity index (χ0n) is 17.9. The average Bonchev–Trinajstić information content (AvgIpc) is 3.17. The van der Waals surface area contributed by atoms with Gasteiger partial charge in [-0.15, -0.1) is 10.2 Å². The first kappa shape index (κ1) is 24.1. The van der Waals surface area contributed by atoms with Crippen molar-refractivity contribution in [1.82, 2.24) is 20.1 Å². The molecule has 0 aliphatic heterocycles. The number of amides is 2. The summed E-state index contributed by atoms with van der Waals surface area (Å²) < 4.78 is 1.88. The molecule has 10 heteroatoms. The van der Waals surface area contributed by atoms with E-state index in [1.165, 1.54) is 11.8 Å². The fraction of sp³-hybridized carbons (Fsp3) is 0.273. The highest BCUT2D eigenvalue weighted by Crippen LogP contribution is 2.23. The van der Waals surface area contributed by atoms with Crippen LogP contribution in [0.3, 0.4) is 0 Å². The Hall–Kier alpha value is -2.55. The first-order valence-corrected chi connectivity index (χ1v) is 11.7. The highest BCUT2D eigenvalue weighted by molar-refractivity contribution is 7.99. The summed E-state index contributed by atoms with van der Waals surface area (Å²) in [4.78, 5) is 25.0. The number of hydrogen-bond acceptors (Lipinski definition) is 5. The SMILES string of the molecule is CCn1c(SCC(=O)Nc2ccc(Cl)cc2C)nnc1C(C)NC(=O)c1ccccc1Cl. The van der Waals surface area contributed by atoms with E-state index < -0.39 is 6.04 Å². The van der Waals surface area contributed by atoms with Crippen LogP contribution in [0.5, 0.6) is 0 Å². The Balaban J connectivity index is 1.64. The second-order valence-corrected chi connectivity index (χ2v) is 8.84. The van der Waals surface area contributed by atoms with E-state index in [0.717, 1.165) is 5.56 Å². The van der Waals surface area contributed by atoms with Crippen LogP contribution in [0.2, 0.25) is 10.0 Å². The third-order valence-corrected chi connectivity index (χ3v) is 6.24. The minimum absolute atomic E-state index is 0.160. The van der Waals surface area contributed by atoms with Crippen LogP contribution < -0.4 is 10.6 Å². The van der Waals surface area contributed by atoms with Gasteiger partial charge in [-0.25, -0.2) is 0 Å². The standard InChI is InChI=1S/C22H23Cl2N5O2S/c1-4-29-20(14(3)25-21(31)16-7-5-6-8-17(16)24)27-28-22(29)32-12-19(30)26-18-10-9-15(23)11-13(18)2/h5-11,14H,4,12H2,1-3H3,(H,25,31)(H,26,30). The number of carbonyl (C=O) groups is 2. The number of hydrogen-bond donors (Lipinski definition) is 2. The first-order chi connectivity index (χ1) is 15.3. The number of benzene rings is 2. The summed E-state index contributed by atoms with van der Waals surface area (Å²) in [6, 6.07) is 11.8. The van der Waals surface area contributed by atoms with Gasteiger partial charge in [0.25, 0.3) is 5.91 Å². The zero-order valence-corrected chi connectivity index (χ0v) is 20.2. The molecule has 168 valence electrons. The highest BCUT2D eigenvalue weighted by atomic mass is 35.5. The van der Waals surface area contributed by atoms with Gasteiger partial charge < -0.3 is 15.2 Å². The lowest BCUT2D eigenvalue weighted by atomic mass is 10.2. The minimum Gasteiger partial charge on any atom is -0.342 e. The van der Waals surface area contributed by atoms with Gasteiger partial charge in [-0.3, -0.25) is 9.59 Å². The van der Waals surface area contributed by atoms with Gasteiger partial charge in [0.15, 0.2) is 11.0 Å². The van der Waals surface area contributed by atoms with Crippen molar-refractivity contribution < 1.29 is 9.59 Å². The molecule has 0 fully saturated rings. The number of carbonyl (C=O) groups excluding carboxylic acids is 2. The lowest BCUT2D eigenvalue weighted by Gasteiger charge is -2.15. The molecule has 3 aromatic rings. The predicted molar refractivity (Wildman–Crippen MR) is 129 cm³/mol. The summed E-state index contributed by atoms with van der Waals surface area (Å²) in [7, 11) is 0. The summed E-state index contributed by atoms with van der Waals surface area (Å²) in [6.07, 6.45) is 0. The number of nitrogens with zero attached hydrogens (tertiary/aromatic N) is 3. The van der Waals surface area contributed by atoms with E-state index in [1.807, 2.05) is 25.3 Å². The van der Waals surface area contributed by atoms with Gasteiger partial charge in [-0.05, 0) is 56.7 Å². The molecule has 2 amide bonds. The largest absolute Gasteiger partial charge is 0.342 e. The number of anilines is 1. The summed E-state index contributed by atoms with van der Waals surface area (Å²) in [5.41, 5.74) is 2.00. The van der Waals surface area contributed by atoms with Crippen molar-refractivity contribution >= 4 is 52.5 Å². The van der Waals surface area contributed by atoms with Crippen molar-refractivity contribution in [3.63, 3.8) is 0 Å². The van der Waals surface area contributed by atoms with Crippen LogP contribution in [0.1, 0.15) is 41.6 Å². The van der Waals surface area contributed by atoms with E-state index in [1.54, 1.807) is 42.5 Å². The Morgan fingerprint density at radius 3 is 2.59 bits per heavy atom. The second kappa shape index (κ2) is 10.8. The Bertz CT molecular complexity index is 1140. The van der Waals surface area contributed by atoms with Crippen molar-refractivity contribution in [3.05, 3.63) is 69.5 Å². The summed E-state index contributed by atoms with van der Waals surface area (Å²) in [5, 5.41) is 15.8. The minimum atomic E-state index is -0.397. The molecular weight excluding hydrogens is 469 g/mol. The molecule has 1 aromatic heterocycles. The molecule has 0 saturated heterocycles. The maximum absolute atomic E-state index is 12.6. The van der Waals surface area contributed by atoms with Crippen molar-refractivity contribution in [2.75, 3.05) is 11.1 Å². The Morgan fingerprint density at radius 2 is 1.91 bits per heavy atom. The average molecular weight is 492 g/mol. The molecule has 0 radical (unpaired) electrons. The molecule has 0 saturated carbocycles. The predicted octanol–water partition coefficient (Wildman–Crippen LogP) is 5.14. The van der Waals surface area contributed by atoms with Crippen LogP contribution in [0, 0.1) is 6.92 Å². The second-order valence-electron chi connectivity index (χ2n) is 7.06. The van der Waals surface area contributed by atoms with Crippen molar-refractivity contribution in [2.24, 2.45) is 0 Å². The van der Waals surface area contributed by atoms with Crippen LogP contribution in [0.25, 0.3) is 0 Å². The van der Waals surface area contributed by atoms with Gasteiger partial charge in [-0.2, -0.15) is 0 Å². The highest BCUT2D eigenvalue weighted by Gasteiger charge is 2.21. The Morgan fingerprint density at radius 1 is 1.16 bits per heavy atom. The number of aromatic nitrogens is 3. The van der Waals surface area contributed by atoms with Crippen LogP contribution >= 0.6 is 35.0 Å². The maximum atomic E-state index is 12.6. The molecule has 0 aliphatic rings. The normalized spacial score (nSPS) is 11.8. The molecule has 0 spiro atoms. The summed E-state index contributed by atoms with van der Waals surface area (Å²) in [6.45, 7) is 6.26. The van der Waals surface area contributed by atoms with E-state index in [0.29, 0.717) is 38.8 Å². The van der Waals surface area contributed by atoms with E-state index in [9.17, 15) is 9.59 Å². The lowest BCUT2D eigenvalue weighted by Crippen LogP contribution is -2.29. The molecule has 1 atom stereocenters. The van der Waals surface area contributed by atoms with E-state index in [4.69, 9.17) is 23.2 Å². The molecule has 3 rings (SSSR count). The molecule has 0 bridgehead atoms. The van der Waals surface area contributed by atoms with E-state index >= 15 is 0 Å². The summed E-state index contributed by atoms with van der Waals surface area (Å²) in [5.74, 6) is 0.318. The number of thioether (sulfide) groups is 1. The topological polar surface area (TPSA) is 88.9 Å². The van der Waals surface area contributed by atoms with Crippen molar-refractivity contribution in [1.29, 1.82) is 0 Å². The van der Waals surface area contributed by atoms with E-state index in [2.05, 4.69) is 20.8 Å². The number of nitrogens with one attached hydrogen (secondary N) is 2. The van der Waals surface area contributed by atoms with Gasteiger partial charge in [0.05, 0.1) is 22.4 Å². The van der Waals surface area contributed by atoms with Gasteiger partial charge >= 0.3 is 0 Å². The van der Waals surface area contributed by atoms with Gasteiger partial charge in [-0.1, -0.05) is 47.1 Å². The number of rotatable bonds is 8. The van der Waals surface area contributed by atoms with Gasteiger partial charge in [0.2, 0.25) is 5.91 Å². The maximum Gasteiger partial charge on any atom is 0.253 e. The zero-order chi connectivity index (χ0) is 23.3. The number of aryl methyl sites for hydroxylation is 1. The molecule has 2 aromatic carbocycles. The smallest absolute Gasteiger partial charge is 0.253 e. The van der Waals surface area contributed by atoms with Crippen LogP contribution in [0.15, 0.2) is 47.6 Å². The molecule has 7 nitrogen and oxygen atoms in total.